The first kappa shape index (κ1) is 26.3. The molecule has 0 aromatic carbocycles. The summed E-state index contributed by atoms with van der Waals surface area (Å²) in [6.07, 6.45) is 2.52. The highest BCUT2D eigenvalue weighted by Gasteiger charge is 2.47. The first-order valence-corrected chi connectivity index (χ1v) is 12.4. The molecule has 0 aromatic heterocycles. The summed E-state index contributed by atoms with van der Waals surface area (Å²) in [6.45, 7) is 12.9. The van der Waals surface area contributed by atoms with Gasteiger partial charge in [-0.2, -0.15) is 0 Å². The van der Waals surface area contributed by atoms with Gasteiger partial charge < -0.3 is 24.5 Å². The number of ether oxygens (including phenoxy) is 2. The number of oxime groups is 1. The molecule has 3 aliphatic rings. The predicted octanol–water partition coefficient (Wildman–Crippen LogP) is 4.32. The van der Waals surface area contributed by atoms with Crippen LogP contribution in [0.2, 0.25) is 0 Å². The van der Waals surface area contributed by atoms with E-state index >= 15 is 0 Å². The van der Waals surface area contributed by atoms with Crippen LogP contribution in [-0.4, -0.2) is 76.1 Å². The Hall–Kier alpha value is -2.32. The Labute approximate surface area is 202 Å². The van der Waals surface area contributed by atoms with Crippen LogP contribution in [0.4, 0.5) is 9.59 Å². The highest BCUT2D eigenvalue weighted by atomic mass is 16.6. The Kier molecular flexibility index (Phi) is 7.82. The van der Waals surface area contributed by atoms with E-state index in [1.165, 1.54) is 0 Å². The molecule has 0 aromatic rings. The molecule has 9 heteroatoms. The number of carbonyl (C=O) groups is 3. The fourth-order valence-electron chi connectivity index (χ4n) is 5.07. The van der Waals surface area contributed by atoms with Crippen molar-refractivity contribution in [2.24, 2.45) is 28.8 Å². The molecule has 2 aliphatic heterocycles. The number of piperidine rings is 1. The van der Waals surface area contributed by atoms with E-state index in [0.717, 1.165) is 12.8 Å². The Morgan fingerprint density at radius 1 is 0.971 bits per heavy atom. The van der Waals surface area contributed by atoms with Gasteiger partial charge in [0.25, 0.3) is 0 Å². The van der Waals surface area contributed by atoms with Crippen LogP contribution < -0.4 is 0 Å². The molecule has 3 fully saturated rings. The number of rotatable bonds is 3. The zero-order chi connectivity index (χ0) is 25.3. The Balaban J connectivity index is 1.60. The maximum absolute atomic E-state index is 12.7. The second kappa shape index (κ2) is 10.1. The summed E-state index contributed by atoms with van der Waals surface area (Å²) in [7, 11) is 0. The van der Waals surface area contributed by atoms with Crippen molar-refractivity contribution in [3.05, 3.63) is 0 Å². The van der Waals surface area contributed by atoms with E-state index < -0.39 is 11.2 Å². The minimum atomic E-state index is -0.573. The molecule has 192 valence electrons. The van der Waals surface area contributed by atoms with E-state index in [1.807, 2.05) is 41.5 Å². The number of carbonyl (C=O) groups excluding carboxylic acids is 3. The quantitative estimate of drug-likeness (QED) is 0.477. The topological polar surface area (TPSA) is 109 Å². The summed E-state index contributed by atoms with van der Waals surface area (Å²) in [6, 6.07) is 0. The highest BCUT2D eigenvalue weighted by molar-refractivity contribution is 5.85. The molecule has 3 rings (SSSR count). The number of hydrogen-bond acceptors (Lipinski definition) is 7. The number of likely N-dealkylation sites (tertiary alicyclic amines) is 2. The van der Waals surface area contributed by atoms with Crippen LogP contribution >= 0.6 is 0 Å². The van der Waals surface area contributed by atoms with Crippen LogP contribution in [0.1, 0.15) is 73.6 Å². The lowest BCUT2D eigenvalue weighted by Gasteiger charge is -2.33. The Morgan fingerprint density at radius 2 is 1.53 bits per heavy atom. The van der Waals surface area contributed by atoms with Gasteiger partial charge in [-0.3, -0.25) is 4.79 Å². The smallest absolute Gasteiger partial charge is 0.410 e. The van der Waals surface area contributed by atoms with Crippen molar-refractivity contribution in [2.75, 3.05) is 26.2 Å². The third-order valence-electron chi connectivity index (χ3n) is 6.76. The van der Waals surface area contributed by atoms with Crippen LogP contribution in [0.15, 0.2) is 5.16 Å². The molecule has 2 saturated heterocycles. The number of Topliss-reactive ketones (excluding diaryl/α,β-unsaturated/α-hetero) is 1. The molecule has 1 saturated carbocycles. The third kappa shape index (κ3) is 7.34. The summed E-state index contributed by atoms with van der Waals surface area (Å²) >= 11 is 0. The number of nitrogens with zero attached hydrogens (tertiary/aromatic N) is 3. The van der Waals surface area contributed by atoms with Crippen LogP contribution in [0.3, 0.4) is 0 Å². The summed E-state index contributed by atoms with van der Waals surface area (Å²) in [4.78, 5) is 41.2. The van der Waals surface area contributed by atoms with E-state index in [4.69, 9.17) is 9.47 Å². The average molecular weight is 480 g/mol. The Bertz CT molecular complexity index is 812. The van der Waals surface area contributed by atoms with Crippen molar-refractivity contribution < 1.29 is 29.1 Å². The van der Waals surface area contributed by atoms with Crippen LogP contribution in [0.5, 0.6) is 0 Å². The van der Waals surface area contributed by atoms with Crippen molar-refractivity contribution in [3.8, 4) is 0 Å². The van der Waals surface area contributed by atoms with E-state index in [9.17, 15) is 19.6 Å². The fraction of sp³-hybridized carbons (Fsp3) is 0.840. The zero-order valence-electron chi connectivity index (χ0n) is 21.5. The van der Waals surface area contributed by atoms with Gasteiger partial charge in [0, 0.05) is 44.9 Å². The van der Waals surface area contributed by atoms with Crippen molar-refractivity contribution in [2.45, 2.75) is 84.8 Å². The summed E-state index contributed by atoms with van der Waals surface area (Å²) in [5.41, 5.74) is -0.441. The fourth-order valence-corrected chi connectivity index (χ4v) is 5.07. The SMILES string of the molecule is CC(C)(C)OC(=O)N1CCC(=O)C(CC2C[C@@H]2[C@@H]2C/C(=N/O)CCN(C(=O)OC(C)(C)C)C2)C1. The van der Waals surface area contributed by atoms with E-state index in [2.05, 4.69) is 5.16 Å². The second-order valence-electron chi connectivity index (χ2n) is 12.0. The predicted molar refractivity (Wildman–Crippen MR) is 127 cm³/mol. The van der Waals surface area contributed by atoms with E-state index in [0.29, 0.717) is 63.0 Å². The van der Waals surface area contributed by atoms with Gasteiger partial charge in [-0.05, 0) is 78.6 Å². The minimum Gasteiger partial charge on any atom is -0.444 e. The standard InChI is InChI=1S/C25H41N3O6/c1-24(2,3)33-22(30)27-9-7-19(26-32)12-17(14-27)20-13-16(20)11-18-15-28(10-8-21(18)29)23(31)34-25(4,5)6/h16-18,20,32H,7-15H2,1-6H3/b26-19+/t16?,17-,18?,20+/m1/s1. The molecule has 1 aliphatic carbocycles. The van der Waals surface area contributed by atoms with Gasteiger partial charge in [0.1, 0.15) is 17.0 Å². The molecule has 9 nitrogen and oxygen atoms in total. The minimum absolute atomic E-state index is 0.159. The number of amides is 2. The third-order valence-corrected chi connectivity index (χ3v) is 6.76. The normalized spacial score (nSPS) is 29.6. The lowest BCUT2D eigenvalue weighted by molar-refractivity contribution is -0.126. The molecule has 2 amide bonds. The maximum Gasteiger partial charge on any atom is 0.410 e. The summed E-state index contributed by atoms with van der Waals surface area (Å²) < 4.78 is 11.1. The van der Waals surface area contributed by atoms with Gasteiger partial charge in [0.15, 0.2) is 0 Å². The molecule has 0 radical (unpaired) electrons. The van der Waals surface area contributed by atoms with Crippen molar-refractivity contribution in [3.63, 3.8) is 0 Å². The van der Waals surface area contributed by atoms with E-state index in [-0.39, 0.29) is 29.8 Å². The molecule has 0 spiro atoms. The van der Waals surface area contributed by atoms with Gasteiger partial charge in [0.2, 0.25) is 0 Å². The maximum atomic E-state index is 12.7. The van der Waals surface area contributed by atoms with Gasteiger partial charge in [-0.1, -0.05) is 5.16 Å². The highest BCUT2D eigenvalue weighted by Crippen LogP contribution is 2.50. The van der Waals surface area contributed by atoms with E-state index in [1.54, 1.807) is 9.80 Å². The largest absolute Gasteiger partial charge is 0.444 e. The van der Waals surface area contributed by atoms with Crippen molar-refractivity contribution >= 4 is 23.7 Å². The van der Waals surface area contributed by atoms with Gasteiger partial charge in [0.05, 0.1) is 5.71 Å². The molecule has 34 heavy (non-hydrogen) atoms. The van der Waals surface area contributed by atoms with Crippen molar-refractivity contribution in [1.82, 2.24) is 9.80 Å². The average Bonchev–Trinajstić information content (AvgIpc) is 3.48. The molecule has 2 unspecified atom stereocenters. The van der Waals surface area contributed by atoms with Crippen LogP contribution in [0, 0.1) is 23.7 Å². The zero-order valence-corrected chi connectivity index (χ0v) is 21.5. The lowest BCUT2D eigenvalue weighted by Crippen LogP contribution is -2.46. The van der Waals surface area contributed by atoms with Gasteiger partial charge >= 0.3 is 12.2 Å². The first-order chi connectivity index (χ1) is 15.8. The molecule has 2 heterocycles. The van der Waals surface area contributed by atoms with Crippen molar-refractivity contribution in [1.29, 1.82) is 0 Å². The number of hydrogen-bond donors (Lipinski definition) is 1. The Morgan fingerprint density at radius 3 is 2.09 bits per heavy atom. The van der Waals surface area contributed by atoms with Gasteiger partial charge in [-0.15, -0.1) is 0 Å². The first-order valence-electron chi connectivity index (χ1n) is 12.4. The summed E-state index contributed by atoms with van der Waals surface area (Å²) in [5.74, 6) is 0.890. The van der Waals surface area contributed by atoms with Crippen LogP contribution in [-0.2, 0) is 14.3 Å². The molecular formula is C25H41N3O6. The van der Waals surface area contributed by atoms with Gasteiger partial charge in [-0.25, -0.2) is 9.59 Å². The monoisotopic (exact) mass is 479 g/mol. The number of ketones is 1. The summed E-state index contributed by atoms with van der Waals surface area (Å²) in [5, 5.41) is 12.9. The molecular weight excluding hydrogens is 438 g/mol. The lowest BCUT2D eigenvalue weighted by atomic mass is 9.88. The van der Waals surface area contributed by atoms with Crippen LogP contribution in [0.25, 0.3) is 0 Å². The molecule has 1 N–H and O–H groups in total. The molecule has 0 bridgehead atoms. The molecule has 4 atom stereocenters. The second-order valence-corrected chi connectivity index (χ2v) is 12.0.